The van der Waals surface area contributed by atoms with Crippen molar-refractivity contribution in [3.05, 3.63) is 0 Å². The molecule has 0 aliphatic carbocycles. The maximum absolute atomic E-state index is 11.4. The molecule has 1 fully saturated rings. The fourth-order valence-corrected chi connectivity index (χ4v) is 1.03. The number of hydrogen-bond donors (Lipinski definition) is 2. The number of carbonyl (C=O) groups excluding carboxylic acids is 1. The van der Waals surface area contributed by atoms with Gasteiger partial charge in [0.15, 0.2) is 6.10 Å². The molecule has 1 aliphatic rings. The molecule has 0 aromatic carbocycles. The second-order valence-electron chi connectivity index (χ2n) is 3.08. The Bertz CT molecular complexity index is 169. The third-order valence-corrected chi connectivity index (χ3v) is 1.85. The molecule has 76 valence electrons. The first-order chi connectivity index (χ1) is 6.24. The first-order valence-corrected chi connectivity index (χ1v) is 4.44. The Morgan fingerprint density at radius 1 is 1.69 bits per heavy atom. The van der Waals surface area contributed by atoms with Crippen LogP contribution in [-0.2, 0) is 14.3 Å². The van der Waals surface area contributed by atoms with Gasteiger partial charge in [-0.15, -0.1) is 0 Å². The van der Waals surface area contributed by atoms with Crippen molar-refractivity contribution in [2.75, 3.05) is 26.4 Å². The molecule has 5 heteroatoms. The fraction of sp³-hybridized carbons (Fsp3) is 0.875. The highest BCUT2D eigenvalue weighted by Crippen LogP contribution is 2.00. The number of carbonyl (C=O) groups is 1. The van der Waals surface area contributed by atoms with E-state index >= 15 is 0 Å². The molecular formula is C8H16N2O3. The average molecular weight is 188 g/mol. The molecule has 3 N–H and O–H groups in total. The third-order valence-electron chi connectivity index (χ3n) is 1.85. The lowest BCUT2D eigenvalue weighted by Gasteiger charge is -2.23. The van der Waals surface area contributed by atoms with Crippen LogP contribution in [0.15, 0.2) is 0 Å². The highest BCUT2D eigenvalue weighted by atomic mass is 16.6. The lowest BCUT2D eigenvalue weighted by atomic mass is 10.3. The van der Waals surface area contributed by atoms with Crippen molar-refractivity contribution >= 4 is 5.91 Å². The molecule has 2 unspecified atom stereocenters. The molecule has 1 aliphatic heterocycles. The topological polar surface area (TPSA) is 73.6 Å². The van der Waals surface area contributed by atoms with E-state index in [2.05, 4.69) is 5.32 Å². The summed E-state index contributed by atoms with van der Waals surface area (Å²) in [5.41, 5.74) is 5.36. The summed E-state index contributed by atoms with van der Waals surface area (Å²) in [7, 11) is 0. The maximum atomic E-state index is 11.4. The second-order valence-corrected chi connectivity index (χ2v) is 3.08. The molecule has 0 spiro atoms. The van der Waals surface area contributed by atoms with Crippen LogP contribution < -0.4 is 11.1 Å². The summed E-state index contributed by atoms with van der Waals surface area (Å²) in [4.78, 5) is 11.4. The first kappa shape index (κ1) is 10.4. The number of ether oxygens (including phenoxy) is 2. The summed E-state index contributed by atoms with van der Waals surface area (Å²) < 4.78 is 10.3. The van der Waals surface area contributed by atoms with E-state index in [4.69, 9.17) is 15.2 Å². The first-order valence-electron chi connectivity index (χ1n) is 4.44. The smallest absolute Gasteiger partial charge is 0.251 e. The molecular weight excluding hydrogens is 172 g/mol. The van der Waals surface area contributed by atoms with E-state index in [0.717, 1.165) is 0 Å². The predicted octanol–water partition coefficient (Wildman–Crippen LogP) is -1.13. The van der Waals surface area contributed by atoms with Crippen LogP contribution in [0.3, 0.4) is 0 Å². The molecule has 1 rings (SSSR count). The van der Waals surface area contributed by atoms with E-state index < -0.39 is 6.10 Å². The monoisotopic (exact) mass is 188 g/mol. The van der Waals surface area contributed by atoms with Gasteiger partial charge in [0, 0.05) is 12.6 Å². The lowest BCUT2D eigenvalue weighted by Crippen LogP contribution is -2.47. The number of nitrogens with two attached hydrogens (primary N) is 1. The number of amides is 1. The van der Waals surface area contributed by atoms with Crippen molar-refractivity contribution in [3.8, 4) is 0 Å². The van der Waals surface area contributed by atoms with Crippen molar-refractivity contribution < 1.29 is 14.3 Å². The van der Waals surface area contributed by atoms with Crippen LogP contribution in [0.25, 0.3) is 0 Å². The van der Waals surface area contributed by atoms with Crippen LogP contribution in [0.5, 0.6) is 0 Å². The number of nitrogens with one attached hydrogen (secondary N) is 1. The molecule has 1 amide bonds. The zero-order valence-electron chi connectivity index (χ0n) is 7.79. The molecule has 0 aromatic rings. The van der Waals surface area contributed by atoms with Crippen molar-refractivity contribution in [2.45, 2.75) is 19.1 Å². The zero-order chi connectivity index (χ0) is 9.68. The number of hydrogen-bond acceptors (Lipinski definition) is 4. The molecule has 0 bridgehead atoms. The zero-order valence-corrected chi connectivity index (χ0v) is 7.79. The standard InChI is InChI=1S/C8H16N2O3/c1-6(4-9)10-8(11)7-5-12-2-3-13-7/h6-7H,2-5,9H2,1H3,(H,10,11). The van der Waals surface area contributed by atoms with Gasteiger partial charge in [-0.2, -0.15) is 0 Å². The SMILES string of the molecule is CC(CN)NC(=O)C1COCCO1. The maximum Gasteiger partial charge on any atom is 0.251 e. The highest BCUT2D eigenvalue weighted by molar-refractivity contribution is 5.81. The summed E-state index contributed by atoms with van der Waals surface area (Å²) in [6.45, 7) is 3.66. The van der Waals surface area contributed by atoms with Gasteiger partial charge in [0.1, 0.15) is 0 Å². The Hall–Kier alpha value is -0.650. The van der Waals surface area contributed by atoms with Crippen molar-refractivity contribution in [3.63, 3.8) is 0 Å². The van der Waals surface area contributed by atoms with Crippen LogP contribution in [0.4, 0.5) is 0 Å². The normalized spacial score (nSPS) is 25.2. The average Bonchev–Trinajstić information content (AvgIpc) is 2.19. The van der Waals surface area contributed by atoms with Crippen molar-refractivity contribution in [2.24, 2.45) is 5.73 Å². The highest BCUT2D eigenvalue weighted by Gasteiger charge is 2.23. The molecule has 13 heavy (non-hydrogen) atoms. The fourth-order valence-electron chi connectivity index (χ4n) is 1.03. The minimum absolute atomic E-state index is 0.0157. The van der Waals surface area contributed by atoms with E-state index in [1.807, 2.05) is 6.92 Å². The van der Waals surface area contributed by atoms with Crippen molar-refractivity contribution in [1.82, 2.24) is 5.32 Å². The van der Waals surface area contributed by atoms with Gasteiger partial charge < -0.3 is 20.5 Å². The Kier molecular flexibility index (Phi) is 4.14. The summed E-state index contributed by atoms with van der Waals surface area (Å²) in [6.07, 6.45) is -0.470. The molecule has 2 atom stereocenters. The van der Waals surface area contributed by atoms with E-state index in [0.29, 0.717) is 26.4 Å². The van der Waals surface area contributed by atoms with Gasteiger partial charge in [0.05, 0.1) is 19.8 Å². The quantitative estimate of drug-likeness (QED) is 0.587. The van der Waals surface area contributed by atoms with Gasteiger partial charge in [0.2, 0.25) is 0 Å². The minimum Gasteiger partial charge on any atom is -0.376 e. The van der Waals surface area contributed by atoms with Gasteiger partial charge in [-0.1, -0.05) is 0 Å². The van der Waals surface area contributed by atoms with Gasteiger partial charge in [0.25, 0.3) is 5.91 Å². The van der Waals surface area contributed by atoms with Gasteiger partial charge in [-0.25, -0.2) is 0 Å². The van der Waals surface area contributed by atoms with Crippen LogP contribution in [0.1, 0.15) is 6.92 Å². The minimum atomic E-state index is -0.470. The van der Waals surface area contributed by atoms with Gasteiger partial charge in [-0.3, -0.25) is 4.79 Å². The van der Waals surface area contributed by atoms with E-state index in [9.17, 15) is 4.79 Å². The van der Waals surface area contributed by atoms with Gasteiger partial charge in [-0.05, 0) is 6.92 Å². The van der Waals surface area contributed by atoms with Crippen molar-refractivity contribution in [1.29, 1.82) is 0 Å². The van der Waals surface area contributed by atoms with Crippen LogP contribution in [-0.4, -0.2) is 44.4 Å². The molecule has 0 aromatic heterocycles. The van der Waals surface area contributed by atoms with Crippen LogP contribution in [0, 0.1) is 0 Å². The summed E-state index contributed by atoms with van der Waals surface area (Å²) in [6, 6.07) is -0.0157. The summed E-state index contributed by atoms with van der Waals surface area (Å²) >= 11 is 0. The Morgan fingerprint density at radius 2 is 2.46 bits per heavy atom. The van der Waals surface area contributed by atoms with Gasteiger partial charge >= 0.3 is 0 Å². The molecule has 0 saturated carbocycles. The molecule has 1 heterocycles. The Labute approximate surface area is 77.6 Å². The van der Waals surface area contributed by atoms with E-state index in [1.165, 1.54) is 0 Å². The third kappa shape index (κ3) is 3.30. The van der Waals surface area contributed by atoms with Crippen LogP contribution >= 0.6 is 0 Å². The number of rotatable bonds is 3. The van der Waals surface area contributed by atoms with E-state index in [1.54, 1.807) is 0 Å². The Morgan fingerprint density at radius 3 is 3.00 bits per heavy atom. The summed E-state index contributed by atoms with van der Waals surface area (Å²) in [5.74, 6) is -0.141. The lowest BCUT2D eigenvalue weighted by molar-refractivity contribution is -0.148. The second kappa shape index (κ2) is 5.16. The molecule has 0 radical (unpaired) electrons. The molecule has 1 saturated heterocycles. The van der Waals surface area contributed by atoms with Crippen LogP contribution in [0.2, 0.25) is 0 Å². The van der Waals surface area contributed by atoms with E-state index in [-0.39, 0.29) is 11.9 Å². The summed E-state index contributed by atoms with van der Waals surface area (Å²) in [5, 5.41) is 2.73. The predicted molar refractivity (Wildman–Crippen MR) is 47.2 cm³/mol. The Balaban J connectivity index is 2.29. The largest absolute Gasteiger partial charge is 0.376 e. The molecule has 5 nitrogen and oxygen atoms in total.